The lowest BCUT2D eigenvalue weighted by molar-refractivity contribution is -0.187. The van der Waals surface area contributed by atoms with Crippen LogP contribution in [0.25, 0.3) is 0 Å². The Labute approximate surface area is 173 Å². The van der Waals surface area contributed by atoms with E-state index in [0.29, 0.717) is 31.8 Å². The molecular weight excluding hydrogens is 366 g/mol. The van der Waals surface area contributed by atoms with Crippen molar-refractivity contribution < 1.29 is 9.90 Å². The number of aromatic nitrogens is 2. The number of rotatable bonds is 3. The van der Waals surface area contributed by atoms with Crippen molar-refractivity contribution in [1.29, 1.82) is 0 Å². The highest BCUT2D eigenvalue weighted by Gasteiger charge is 2.61. The van der Waals surface area contributed by atoms with E-state index in [2.05, 4.69) is 41.7 Å². The van der Waals surface area contributed by atoms with Crippen LogP contribution < -0.4 is 4.90 Å². The number of nitrogens with zero attached hydrogens (tertiary/aromatic N) is 5. The van der Waals surface area contributed by atoms with Crippen molar-refractivity contribution in [3.05, 3.63) is 18.0 Å². The highest BCUT2D eigenvalue weighted by Crippen LogP contribution is 2.53. The largest absolute Gasteiger partial charge is 0.380 e. The molecule has 1 aliphatic carbocycles. The first-order chi connectivity index (χ1) is 13.7. The Bertz CT molecular complexity index is 805. The summed E-state index contributed by atoms with van der Waals surface area (Å²) >= 11 is 0. The van der Waals surface area contributed by atoms with Crippen LogP contribution in [0.15, 0.2) is 12.3 Å². The zero-order valence-corrected chi connectivity index (χ0v) is 17.9. The molecule has 29 heavy (non-hydrogen) atoms. The smallest absolute Gasteiger partial charge is 0.254 e. The number of hydrogen-bond acceptors (Lipinski definition) is 6. The summed E-state index contributed by atoms with van der Waals surface area (Å²) in [5, 5.41) is 10.7. The lowest BCUT2D eigenvalue weighted by Gasteiger charge is -2.56. The summed E-state index contributed by atoms with van der Waals surface area (Å²) in [5.74, 6) is 1.08. The third-order valence-electron chi connectivity index (χ3n) is 7.47. The fourth-order valence-electron chi connectivity index (χ4n) is 6.41. The van der Waals surface area contributed by atoms with Crippen molar-refractivity contribution in [2.75, 3.05) is 51.2 Å². The third kappa shape index (κ3) is 3.13. The van der Waals surface area contributed by atoms with E-state index in [0.717, 1.165) is 37.8 Å². The average Bonchev–Trinajstić information content (AvgIpc) is 3.26. The van der Waals surface area contributed by atoms with Gasteiger partial charge in [0.2, 0.25) is 5.95 Å². The molecule has 1 unspecified atom stereocenters. The van der Waals surface area contributed by atoms with E-state index >= 15 is 0 Å². The van der Waals surface area contributed by atoms with Crippen molar-refractivity contribution in [1.82, 2.24) is 19.8 Å². The van der Waals surface area contributed by atoms with Crippen molar-refractivity contribution in [3.63, 3.8) is 0 Å². The lowest BCUT2D eigenvalue weighted by atomic mass is 9.60. The fraction of sp³-hybridized carbons (Fsp3) is 0.773. The van der Waals surface area contributed by atoms with Gasteiger partial charge in [0.15, 0.2) is 0 Å². The van der Waals surface area contributed by atoms with Crippen molar-refractivity contribution in [3.8, 4) is 0 Å². The maximum atomic E-state index is 12.9. The molecule has 158 valence electrons. The second-order valence-corrected chi connectivity index (χ2v) is 10.8. The Morgan fingerprint density at radius 2 is 1.86 bits per heavy atom. The summed E-state index contributed by atoms with van der Waals surface area (Å²) < 4.78 is 0. The molecule has 3 saturated heterocycles. The Hall–Kier alpha value is -1.73. The molecule has 0 radical (unpaired) electrons. The molecule has 1 aromatic rings. The topological polar surface area (TPSA) is 72.8 Å². The number of carbonyl (C=O) groups is 1. The van der Waals surface area contributed by atoms with Crippen molar-refractivity contribution >= 4 is 11.9 Å². The molecule has 1 amide bonds. The zero-order chi connectivity index (χ0) is 20.4. The number of likely N-dealkylation sites (tertiary alicyclic amines) is 2. The van der Waals surface area contributed by atoms with E-state index in [1.54, 1.807) is 0 Å². The molecule has 1 spiro atoms. The molecule has 1 atom stereocenters. The van der Waals surface area contributed by atoms with Gasteiger partial charge in [-0.15, -0.1) is 0 Å². The first-order valence-corrected chi connectivity index (χ1v) is 11.0. The van der Waals surface area contributed by atoms with Crippen LogP contribution in [0, 0.1) is 10.8 Å². The van der Waals surface area contributed by atoms with Gasteiger partial charge in [-0.3, -0.25) is 4.79 Å². The van der Waals surface area contributed by atoms with E-state index in [1.165, 1.54) is 12.8 Å². The molecule has 1 aromatic heterocycles. The molecule has 0 bridgehead atoms. The second kappa shape index (κ2) is 6.38. The van der Waals surface area contributed by atoms with Gasteiger partial charge >= 0.3 is 0 Å². The normalized spacial score (nSPS) is 29.7. The minimum atomic E-state index is -1.15. The quantitative estimate of drug-likeness (QED) is 0.830. The molecule has 1 N–H and O–H groups in total. The van der Waals surface area contributed by atoms with Crippen molar-refractivity contribution in [2.24, 2.45) is 10.8 Å². The molecular formula is C22H33N5O2. The van der Waals surface area contributed by atoms with E-state index < -0.39 is 5.60 Å². The van der Waals surface area contributed by atoms with Gasteiger partial charge in [0.1, 0.15) is 5.60 Å². The van der Waals surface area contributed by atoms with Crippen LogP contribution in [-0.2, 0) is 4.79 Å². The Balaban J connectivity index is 1.32. The van der Waals surface area contributed by atoms with E-state index in [9.17, 15) is 9.90 Å². The van der Waals surface area contributed by atoms with E-state index in [4.69, 9.17) is 4.98 Å². The summed E-state index contributed by atoms with van der Waals surface area (Å²) in [6.07, 6.45) is 5.44. The first kappa shape index (κ1) is 19.2. The van der Waals surface area contributed by atoms with Crippen LogP contribution in [0.4, 0.5) is 5.95 Å². The van der Waals surface area contributed by atoms with E-state index in [1.807, 2.05) is 11.1 Å². The molecule has 4 aliphatic rings. The first-order valence-electron chi connectivity index (χ1n) is 11.0. The predicted octanol–water partition coefficient (Wildman–Crippen LogP) is 1.49. The Kier molecular flexibility index (Phi) is 4.24. The molecule has 4 fully saturated rings. The molecule has 7 nitrogen and oxygen atoms in total. The van der Waals surface area contributed by atoms with Gasteiger partial charge in [0.05, 0.1) is 5.69 Å². The Morgan fingerprint density at radius 3 is 2.52 bits per heavy atom. The summed E-state index contributed by atoms with van der Waals surface area (Å²) in [7, 11) is 2.15. The third-order valence-corrected chi connectivity index (χ3v) is 7.47. The summed E-state index contributed by atoms with van der Waals surface area (Å²) in [4.78, 5) is 28.9. The second-order valence-electron chi connectivity index (χ2n) is 10.8. The molecule has 1 saturated carbocycles. The number of hydrogen-bond donors (Lipinski definition) is 1. The van der Waals surface area contributed by atoms with Crippen LogP contribution in [-0.4, -0.2) is 82.7 Å². The van der Waals surface area contributed by atoms with E-state index in [-0.39, 0.29) is 16.7 Å². The highest BCUT2D eigenvalue weighted by atomic mass is 16.3. The van der Waals surface area contributed by atoms with Crippen LogP contribution >= 0.6 is 0 Å². The van der Waals surface area contributed by atoms with Crippen LogP contribution in [0.3, 0.4) is 0 Å². The van der Waals surface area contributed by atoms with Crippen molar-refractivity contribution in [2.45, 2.75) is 51.0 Å². The minimum Gasteiger partial charge on any atom is -0.380 e. The fourth-order valence-corrected chi connectivity index (χ4v) is 6.41. The standard InChI is InChI=1S/C22H33N5O2/c1-20(2)11-22(29,12-20)18(28)27-14-21(15-27)13-25(3)10-16(21)17-6-7-23-19(24-17)26-8-4-5-9-26/h6-7,16,29H,4-5,8-15H2,1-3H3. The molecule has 7 heteroatoms. The number of likely N-dealkylation sites (N-methyl/N-ethyl adjacent to an activating group) is 1. The number of carbonyl (C=O) groups excluding carboxylic acids is 1. The molecule has 0 aromatic carbocycles. The number of aliphatic hydroxyl groups is 1. The SMILES string of the molecule is CN1CC(c2ccnc(N3CCCC3)n2)C2(C1)CN(C(=O)C1(O)CC(C)(C)C1)C2. The van der Waals surface area contributed by atoms with Gasteiger partial charge in [-0.1, -0.05) is 13.8 Å². The van der Waals surface area contributed by atoms with Gasteiger partial charge in [0.25, 0.3) is 5.91 Å². The average molecular weight is 400 g/mol. The Morgan fingerprint density at radius 1 is 1.17 bits per heavy atom. The van der Waals surface area contributed by atoms with Gasteiger partial charge in [-0.05, 0) is 44.2 Å². The monoisotopic (exact) mass is 399 g/mol. The van der Waals surface area contributed by atoms with Gasteiger partial charge < -0.3 is 19.8 Å². The summed E-state index contributed by atoms with van der Waals surface area (Å²) in [6, 6.07) is 2.05. The lowest BCUT2D eigenvalue weighted by Crippen LogP contribution is -2.68. The maximum absolute atomic E-state index is 12.9. The van der Waals surface area contributed by atoms with Crippen LogP contribution in [0.1, 0.15) is 51.1 Å². The predicted molar refractivity (Wildman–Crippen MR) is 111 cm³/mol. The molecule has 5 rings (SSSR count). The number of anilines is 1. The maximum Gasteiger partial charge on any atom is 0.254 e. The summed E-state index contributed by atoms with van der Waals surface area (Å²) in [5.41, 5.74) is 0.0529. The minimum absolute atomic E-state index is 0.0384. The zero-order valence-electron chi connectivity index (χ0n) is 17.9. The molecule has 4 heterocycles. The van der Waals surface area contributed by atoms with Gasteiger partial charge in [-0.25, -0.2) is 9.97 Å². The van der Waals surface area contributed by atoms with Crippen LogP contribution in [0.2, 0.25) is 0 Å². The van der Waals surface area contributed by atoms with Crippen LogP contribution in [0.5, 0.6) is 0 Å². The number of amides is 1. The molecule has 3 aliphatic heterocycles. The highest BCUT2D eigenvalue weighted by molar-refractivity contribution is 5.87. The summed E-state index contributed by atoms with van der Waals surface area (Å²) in [6.45, 7) is 9.65. The van der Waals surface area contributed by atoms with Gasteiger partial charge in [0, 0.05) is 56.8 Å². The van der Waals surface area contributed by atoms with Gasteiger partial charge in [-0.2, -0.15) is 0 Å².